The van der Waals surface area contributed by atoms with Crippen LogP contribution >= 0.6 is 0 Å². The molecule has 0 fully saturated rings. The van der Waals surface area contributed by atoms with Gasteiger partial charge in [0.1, 0.15) is 24.2 Å². The summed E-state index contributed by atoms with van der Waals surface area (Å²) in [4.78, 5) is 78.5. The quantitative estimate of drug-likeness (QED) is 0.0887. The lowest BCUT2D eigenvalue weighted by Gasteiger charge is -2.31. The minimum atomic E-state index is -1.15. The highest BCUT2D eigenvalue weighted by atomic mass is 16.4. The second kappa shape index (κ2) is 22.8. The summed E-state index contributed by atoms with van der Waals surface area (Å²) in [6.07, 6.45) is 1.47. The second-order valence-corrected chi connectivity index (χ2v) is 15.7. The van der Waals surface area contributed by atoms with Crippen LogP contribution in [0.1, 0.15) is 107 Å². The Hall–Kier alpha value is -4.00. The van der Waals surface area contributed by atoms with Crippen molar-refractivity contribution in [3.05, 3.63) is 35.9 Å². The molecule has 0 radical (unpaired) electrons. The molecule has 7 atom stereocenters. The highest BCUT2D eigenvalue weighted by Crippen LogP contribution is 2.14. The van der Waals surface area contributed by atoms with Gasteiger partial charge in [-0.25, -0.2) is 4.79 Å². The van der Waals surface area contributed by atoms with E-state index in [0.29, 0.717) is 12.8 Å². The predicted octanol–water partition coefficient (Wildman–Crippen LogP) is 3.30. The molecule has 13 heteroatoms. The number of rotatable bonds is 23. The maximum atomic E-state index is 13.9. The van der Waals surface area contributed by atoms with Gasteiger partial charge in [-0.15, -0.1) is 0 Å². The van der Waals surface area contributed by atoms with Crippen LogP contribution in [0.5, 0.6) is 0 Å². The fourth-order valence-corrected chi connectivity index (χ4v) is 5.81. The largest absolute Gasteiger partial charge is 0.480 e. The molecular formula is C39H66N6O7. The van der Waals surface area contributed by atoms with Crippen LogP contribution in [0.4, 0.5) is 0 Å². The predicted molar refractivity (Wildman–Crippen MR) is 203 cm³/mol. The molecule has 1 rings (SSSR count). The van der Waals surface area contributed by atoms with Crippen LogP contribution in [0.2, 0.25) is 0 Å². The molecule has 52 heavy (non-hydrogen) atoms. The van der Waals surface area contributed by atoms with E-state index in [0.717, 1.165) is 5.56 Å². The van der Waals surface area contributed by atoms with E-state index in [1.165, 1.54) is 0 Å². The van der Waals surface area contributed by atoms with E-state index >= 15 is 0 Å². The summed E-state index contributed by atoms with van der Waals surface area (Å²) in [5.41, 5.74) is 7.50. The average molecular weight is 731 g/mol. The first-order chi connectivity index (χ1) is 24.2. The first-order valence-corrected chi connectivity index (χ1v) is 18.8. The Labute approximate surface area is 310 Å². The minimum Gasteiger partial charge on any atom is -0.480 e. The molecule has 0 aliphatic rings. The van der Waals surface area contributed by atoms with Crippen LogP contribution in [-0.4, -0.2) is 76.9 Å². The van der Waals surface area contributed by atoms with Crippen LogP contribution in [0.15, 0.2) is 30.3 Å². The molecule has 2 unspecified atom stereocenters. The highest BCUT2D eigenvalue weighted by Gasteiger charge is 2.34. The number of carbonyl (C=O) groups excluding carboxylic acids is 5. The van der Waals surface area contributed by atoms with E-state index in [-0.39, 0.29) is 61.2 Å². The average Bonchev–Trinajstić information content (AvgIpc) is 3.03. The van der Waals surface area contributed by atoms with Gasteiger partial charge in [-0.3, -0.25) is 24.0 Å². The SMILES string of the molecule is CC[C@H](C)[C@H](NC(=O)CC(N)C(Cc1ccccc1)NC(=O)[C@@H](NC(=O)[C@H](CC(C)C)NC(=O)CC(C)C)C(C)C)C(=O)N[C@@H](CC(C)C)C(=O)O. The van der Waals surface area contributed by atoms with Gasteiger partial charge in [-0.2, -0.15) is 0 Å². The smallest absolute Gasteiger partial charge is 0.326 e. The van der Waals surface area contributed by atoms with Gasteiger partial charge < -0.3 is 37.4 Å². The zero-order valence-corrected chi connectivity index (χ0v) is 33.0. The van der Waals surface area contributed by atoms with Crippen molar-refractivity contribution >= 4 is 35.5 Å². The van der Waals surface area contributed by atoms with Crippen LogP contribution in [0, 0.1) is 29.6 Å². The van der Waals surface area contributed by atoms with Crippen LogP contribution in [0.25, 0.3) is 0 Å². The van der Waals surface area contributed by atoms with Crippen LogP contribution in [0.3, 0.4) is 0 Å². The molecule has 1 aromatic rings. The minimum absolute atomic E-state index is 0.0217. The fourth-order valence-electron chi connectivity index (χ4n) is 5.81. The first kappa shape index (κ1) is 46.0. The molecule has 1 aromatic carbocycles. The highest BCUT2D eigenvalue weighted by molar-refractivity contribution is 5.93. The number of nitrogens with one attached hydrogen (secondary N) is 5. The Morgan fingerprint density at radius 3 is 1.67 bits per heavy atom. The topological polar surface area (TPSA) is 209 Å². The molecule has 0 saturated carbocycles. The summed E-state index contributed by atoms with van der Waals surface area (Å²) in [5.74, 6) is -3.86. The Bertz CT molecular complexity index is 1300. The Morgan fingerprint density at radius 2 is 1.17 bits per heavy atom. The number of aliphatic carboxylic acids is 1. The van der Waals surface area contributed by atoms with E-state index in [4.69, 9.17) is 5.73 Å². The number of nitrogens with two attached hydrogens (primary N) is 1. The first-order valence-electron chi connectivity index (χ1n) is 18.8. The fraction of sp³-hybridized carbons (Fsp3) is 0.692. The standard InChI is InChI=1S/C39H66N6O7/c1-11-26(10)35(38(50)43-31(39(51)52)18-23(4)5)44-33(47)21-28(40)29(20-27-15-13-12-14-16-27)42-37(49)34(25(8)9)45-36(48)30(17-22(2)3)41-32(46)19-24(6)7/h12-16,22-26,28-31,34-35H,11,17-21,40H2,1-10H3,(H,41,46)(H,42,49)(H,43,50)(H,44,47)(H,45,48)(H,51,52)/t26-,28?,29?,30-,31-,34-,35-/m0/s1. The molecule has 5 amide bonds. The summed E-state index contributed by atoms with van der Waals surface area (Å²) in [6.45, 7) is 18.7. The Kier molecular flexibility index (Phi) is 20.2. The maximum absolute atomic E-state index is 13.9. The summed E-state index contributed by atoms with van der Waals surface area (Å²) in [6, 6.07) is 3.80. The van der Waals surface area contributed by atoms with E-state index < -0.39 is 65.8 Å². The lowest BCUT2D eigenvalue weighted by Crippen LogP contribution is -2.60. The zero-order valence-electron chi connectivity index (χ0n) is 33.0. The molecule has 0 spiro atoms. The molecule has 0 heterocycles. The third kappa shape index (κ3) is 17.0. The monoisotopic (exact) mass is 730 g/mol. The van der Waals surface area contributed by atoms with Gasteiger partial charge in [0.15, 0.2) is 0 Å². The van der Waals surface area contributed by atoms with E-state index in [9.17, 15) is 33.9 Å². The molecule has 0 aliphatic carbocycles. The molecule has 13 nitrogen and oxygen atoms in total. The third-order valence-corrected chi connectivity index (χ3v) is 8.90. The van der Waals surface area contributed by atoms with Crippen molar-refractivity contribution in [3.63, 3.8) is 0 Å². The lowest BCUT2D eigenvalue weighted by molar-refractivity contribution is -0.143. The number of carbonyl (C=O) groups is 6. The van der Waals surface area contributed by atoms with Gasteiger partial charge in [0.25, 0.3) is 0 Å². The van der Waals surface area contributed by atoms with Crippen molar-refractivity contribution in [2.45, 2.75) is 144 Å². The van der Waals surface area contributed by atoms with Crippen molar-refractivity contribution in [1.29, 1.82) is 0 Å². The van der Waals surface area contributed by atoms with Gasteiger partial charge in [0, 0.05) is 24.9 Å². The normalized spacial score (nSPS) is 15.6. The number of carboxylic acids is 1. The van der Waals surface area contributed by atoms with E-state index in [1.807, 2.05) is 78.8 Å². The van der Waals surface area contributed by atoms with Gasteiger partial charge in [0.05, 0.1) is 0 Å². The molecular weight excluding hydrogens is 664 g/mol. The van der Waals surface area contributed by atoms with Crippen LogP contribution < -0.4 is 32.3 Å². The third-order valence-electron chi connectivity index (χ3n) is 8.90. The summed E-state index contributed by atoms with van der Waals surface area (Å²) in [7, 11) is 0. The molecule has 0 aromatic heterocycles. The number of benzene rings is 1. The second-order valence-electron chi connectivity index (χ2n) is 15.7. The van der Waals surface area contributed by atoms with E-state index in [1.54, 1.807) is 20.8 Å². The van der Waals surface area contributed by atoms with Crippen molar-refractivity contribution in [1.82, 2.24) is 26.6 Å². The Balaban J connectivity index is 3.24. The number of carboxylic acid groups (broad SMARTS) is 1. The summed E-state index contributed by atoms with van der Waals surface area (Å²) >= 11 is 0. The van der Waals surface area contributed by atoms with Gasteiger partial charge >= 0.3 is 5.97 Å². The molecule has 8 N–H and O–H groups in total. The number of amides is 5. The van der Waals surface area contributed by atoms with Crippen LogP contribution in [-0.2, 0) is 35.2 Å². The van der Waals surface area contributed by atoms with Crippen molar-refractivity contribution < 1.29 is 33.9 Å². The molecule has 0 bridgehead atoms. The molecule has 0 saturated heterocycles. The van der Waals surface area contributed by atoms with Gasteiger partial charge in [-0.05, 0) is 54.4 Å². The van der Waals surface area contributed by atoms with Gasteiger partial charge in [0.2, 0.25) is 29.5 Å². The van der Waals surface area contributed by atoms with Crippen molar-refractivity contribution in [3.8, 4) is 0 Å². The van der Waals surface area contributed by atoms with Crippen molar-refractivity contribution in [2.75, 3.05) is 0 Å². The molecule has 294 valence electrons. The summed E-state index contributed by atoms with van der Waals surface area (Å²) < 4.78 is 0. The van der Waals surface area contributed by atoms with E-state index in [2.05, 4.69) is 26.6 Å². The van der Waals surface area contributed by atoms with Crippen molar-refractivity contribution in [2.24, 2.45) is 35.3 Å². The lowest BCUT2D eigenvalue weighted by atomic mass is 9.94. The number of hydrogen-bond donors (Lipinski definition) is 7. The maximum Gasteiger partial charge on any atom is 0.326 e. The summed E-state index contributed by atoms with van der Waals surface area (Å²) in [5, 5.41) is 23.7. The number of hydrogen-bond acceptors (Lipinski definition) is 7. The molecule has 0 aliphatic heterocycles. The van der Waals surface area contributed by atoms with Gasteiger partial charge in [-0.1, -0.05) is 106 Å². The Morgan fingerprint density at radius 1 is 0.635 bits per heavy atom. The zero-order chi connectivity index (χ0) is 39.7.